The van der Waals surface area contributed by atoms with Crippen molar-refractivity contribution in [2.75, 3.05) is 24.4 Å². The lowest BCUT2D eigenvalue weighted by Crippen LogP contribution is -2.51. The van der Waals surface area contributed by atoms with Gasteiger partial charge in [-0.1, -0.05) is 24.6 Å². The minimum Gasteiger partial charge on any atom is -0.350 e. The van der Waals surface area contributed by atoms with Crippen molar-refractivity contribution in [3.63, 3.8) is 0 Å². The average molecular weight is 449 g/mol. The molecule has 2 saturated heterocycles. The molecule has 4 rings (SSSR count). The Morgan fingerprint density at radius 3 is 2.73 bits per heavy atom. The molecule has 2 fully saturated rings. The Labute approximate surface area is 181 Å². The number of carbonyl (C=O) groups excluding carboxylic acids is 1. The smallest absolute Gasteiger partial charge is 0.271 e. The maximum atomic E-state index is 12.8. The zero-order valence-corrected chi connectivity index (χ0v) is 18.8. The summed E-state index contributed by atoms with van der Waals surface area (Å²) in [5.74, 6) is 0.236. The maximum Gasteiger partial charge on any atom is 0.271 e. The molecule has 0 unspecified atom stereocenters. The van der Waals surface area contributed by atoms with Crippen LogP contribution in [0.1, 0.15) is 47.5 Å². The number of sulfonamides is 1. The molecular weight excluding hydrogens is 420 g/mol. The van der Waals surface area contributed by atoms with Crippen LogP contribution in [0.2, 0.25) is 0 Å². The molecule has 30 heavy (non-hydrogen) atoms. The summed E-state index contributed by atoms with van der Waals surface area (Å²) in [6.07, 6.45) is 6.07. The number of nitrogens with zero attached hydrogens (tertiary/aromatic N) is 2. The van der Waals surface area contributed by atoms with E-state index >= 15 is 0 Å². The number of benzene rings is 1. The topological polar surface area (TPSA) is 91.4 Å². The van der Waals surface area contributed by atoms with Crippen molar-refractivity contribution >= 4 is 32.4 Å². The molecule has 1 amide bonds. The standard InChI is InChI=1S/C21H28N4O3S2/c1-15-19(23-21(29-15)24-30(27,28)17-9-3-2-4-10-17)20(26)22-14-16-8-7-13-25-12-6-5-11-18(16)25/h2-4,9-10,16,18H,5-8,11-14H2,1H3,(H,22,26)(H,23,24)/t16-,18-/m1/s1. The third-order valence-corrected chi connectivity index (χ3v) is 8.41. The van der Waals surface area contributed by atoms with Crippen LogP contribution in [0.25, 0.3) is 0 Å². The van der Waals surface area contributed by atoms with Gasteiger partial charge in [0.05, 0.1) is 4.90 Å². The van der Waals surface area contributed by atoms with Crippen LogP contribution in [-0.4, -0.2) is 49.9 Å². The normalized spacial score (nSPS) is 22.3. The van der Waals surface area contributed by atoms with E-state index in [0.717, 1.165) is 6.42 Å². The fourth-order valence-electron chi connectivity index (χ4n) is 4.55. The molecule has 0 bridgehead atoms. The predicted molar refractivity (Wildman–Crippen MR) is 118 cm³/mol. The van der Waals surface area contributed by atoms with Crippen molar-refractivity contribution in [3.8, 4) is 0 Å². The number of carbonyl (C=O) groups is 1. The minimum absolute atomic E-state index is 0.165. The number of aryl methyl sites for hydroxylation is 1. The largest absolute Gasteiger partial charge is 0.350 e. The van der Waals surface area contributed by atoms with Crippen LogP contribution >= 0.6 is 11.3 Å². The van der Waals surface area contributed by atoms with Crippen LogP contribution in [0.3, 0.4) is 0 Å². The van der Waals surface area contributed by atoms with Crippen LogP contribution in [0.4, 0.5) is 5.13 Å². The second-order valence-corrected chi connectivity index (χ2v) is 10.9. The maximum absolute atomic E-state index is 12.8. The first kappa shape index (κ1) is 21.3. The zero-order valence-electron chi connectivity index (χ0n) is 17.1. The first-order valence-corrected chi connectivity index (χ1v) is 12.8. The molecule has 2 atom stereocenters. The van der Waals surface area contributed by atoms with Gasteiger partial charge < -0.3 is 10.2 Å². The summed E-state index contributed by atoms with van der Waals surface area (Å²) in [4.78, 5) is 20.5. The molecule has 2 aliphatic rings. The van der Waals surface area contributed by atoms with E-state index in [2.05, 4.69) is 19.9 Å². The van der Waals surface area contributed by atoms with E-state index in [0.29, 0.717) is 29.1 Å². The molecule has 1 aromatic carbocycles. The van der Waals surface area contributed by atoms with Gasteiger partial charge in [0, 0.05) is 17.5 Å². The van der Waals surface area contributed by atoms with Crippen molar-refractivity contribution in [1.29, 1.82) is 0 Å². The highest BCUT2D eigenvalue weighted by atomic mass is 32.2. The van der Waals surface area contributed by atoms with E-state index in [4.69, 9.17) is 0 Å². The van der Waals surface area contributed by atoms with Crippen LogP contribution in [0.15, 0.2) is 35.2 Å². The Hall–Kier alpha value is -1.97. The van der Waals surface area contributed by atoms with Gasteiger partial charge in [-0.2, -0.15) is 0 Å². The third kappa shape index (κ3) is 4.68. The second-order valence-electron chi connectivity index (χ2n) is 8.05. The summed E-state index contributed by atoms with van der Waals surface area (Å²) < 4.78 is 27.5. The van der Waals surface area contributed by atoms with E-state index in [-0.39, 0.29) is 15.9 Å². The lowest BCUT2D eigenvalue weighted by atomic mass is 9.83. The summed E-state index contributed by atoms with van der Waals surface area (Å²) in [6.45, 7) is 4.77. The summed E-state index contributed by atoms with van der Waals surface area (Å²) in [5, 5.41) is 3.26. The fraction of sp³-hybridized carbons (Fsp3) is 0.524. The molecule has 2 N–H and O–H groups in total. The Morgan fingerprint density at radius 1 is 1.17 bits per heavy atom. The lowest BCUT2D eigenvalue weighted by Gasteiger charge is -2.44. The molecule has 0 radical (unpaired) electrons. The summed E-state index contributed by atoms with van der Waals surface area (Å²) in [6, 6.07) is 8.70. The molecule has 0 spiro atoms. The molecule has 7 nitrogen and oxygen atoms in total. The van der Waals surface area contributed by atoms with E-state index in [1.165, 1.54) is 62.2 Å². The van der Waals surface area contributed by atoms with Gasteiger partial charge in [0.2, 0.25) is 0 Å². The fourth-order valence-corrected chi connectivity index (χ4v) is 6.61. The molecule has 1 aromatic heterocycles. The lowest BCUT2D eigenvalue weighted by molar-refractivity contribution is 0.0575. The molecule has 0 saturated carbocycles. The van der Waals surface area contributed by atoms with Gasteiger partial charge in [0.1, 0.15) is 5.69 Å². The van der Waals surface area contributed by atoms with Crippen LogP contribution < -0.4 is 10.0 Å². The van der Waals surface area contributed by atoms with Gasteiger partial charge in [0.15, 0.2) is 5.13 Å². The van der Waals surface area contributed by atoms with Gasteiger partial charge >= 0.3 is 0 Å². The van der Waals surface area contributed by atoms with Crippen molar-refractivity contribution in [3.05, 3.63) is 40.9 Å². The third-order valence-electron chi connectivity index (χ3n) is 6.04. The van der Waals surface area contributed by atoms with Crippen molar-refractivity contribution < 1.29 is 13.2 Å². The van der Waals surface area contributed by atoms with E-state index < -0.39 is 10.0 Å². The highest BCUT2D eigenvalue weighted by molar-refractivity contribution is 7.93. The highest BCUT2D eigenvalue weighted by Crippen LogP contribution is 2.31. The molecular formula is C21H28N4O3S2. The molecule has 162 valence electrons. The molecule has 2 aromatic rings. The van der Waals surface area contributed by atoms with Gasteiger partial charge in [-0.05, 0) is 63.7 Å². The second kappa shape index (κ2) is 9.03. The van der Waals surface area contributed by atoms with Crippen LogP contribution in [-0.2, 0) is 10.0 Å². The predicted octanol–water partition coefficient (Wildman–Crippen LogP) is 3.25. The van der Waals surface area contributed by atoms with Gasteiger partial charge in [-0.25, -0.2) is 13.4 Å². The Balaban J connectivity index is 1.40. The number of anilines is 1. The zero-order chi connectivity index (χ0) is 21.1. The average Bonchev–Trinajstić information content (AvgIpc) is 3.12. The van der Waals surface area contributed by atoms with Crippen molar-refractivity contribution in [2.24, 2.45) is 5.92 Å². The number of aromatic nitrogens is 1. The SMILES string of the molecule is Cc1sc(NS(=O)(=O)c2ccccc2)nc1C(=O)NC[C@H]1CCCN2CCCC[C@H]12. The Kier molecular flexibility index (Phi) is 6.40. The Bertz CT molecular complexity index is 989. The number of piperidine rings is 2. The van der Waals surface area contributed by atoms with Gasteiger partial charge in [-0.15, -0.1) is 11.3 Å². The van der Waals surface area contributed by atoms with Crippen LogP contribution in [0.5, 0.6) is 0 Å². The van der Waals surface area contributed by atoms with Crippen LogP contribution in [0, 0.1) is 12.8 Å². The minimum atomic E-state index is -3.72. The number of nitrogens with one attached hydrogen (secondary N) is 2. The highest BCUT2D eigenvalue weighted by Gasteiger charge is 2.33. The van der Waals surface area contributed by atoms with Gasteiger partial charge in [-0.3, -0.25) is 9.52 Å². The number of thiazole rings is 1. The van der Waals surface area contributed by atoms with Crippen molar-refractivity contribution in [1.82, 2.24) is 15.2 Å². The number of fused-ring (bicyclic) bond motifs is 1. The Morgan fingerprint density at radius 2 is 1.93 bits per heavy atom. The number of hydrogen-bond acceptors (Lipinski definition) is 6. The number of amides is 1. The summed E-state index contributed by atoms with van der Waals surface area (Å²) in [5.41, 5.74) is 0.294. The summed E-state index contributed by atoms with van der Waals surface area (Å²) >= 11 is 1.17. The number of rotatable bonds is 6. The molecule has 9 heteroatoms. The number of hydrogen-bond donors (Lipinski definition) is 2. The molecule has 2 aliphatic heterocycles. The first-order valence-electron chi connectivity index (χ1n) is 10.5. The van der Waals surface area contributed by atoms with E-state index in [1.54, 1.807) is 25.1 Å². The first-order chi connectivity index (χ1) is 14.4. The van der Waals surface area contributed by atoms with Gasteiger partial charge in [0.25, 0.3) is 15.9 Å². The summed E-state index contributed by atoms with van der Waals surface area (Å²) in [7, 11) is -3.72. The molecule has 3 heterocycles. The van der Waals surface area contributed by atoms with E-state index in [1.807, 2.05) is 0 Å². The monoisotopic (exact) mass is 448 g/mol. The van der Waals surface area contributed by atoms with Crippen molar-refractivity contribution in [2.45, 2.75) is 50.0 Å². The molecule has 0 aliphatic carbocycles. The van der Waals surface area contributed by atoms with E-state index in [9.17, 15) is 13.2 Å². The quantitative estimate of drug-likeness (QED) is 0.708.